The molecule has 0 amide bonds. The Bertz CT molecular complexity index is 193. The van der Waals surface area contributed by atoms with Gasteiger partial charge in [0.15, 0.2) is 0 Å². The summed E-state index contributed by atoms with van der Waals surface area (Å²) in [7, 11) is 0. The molecule has 0 radical (unpaired) electrons. The number of carbonyl (C=O) groups is 1. The van der Waals surface area contributed by atoms with E-state index in [1.807, 2.05) is 0 Å². The van der Waals surface area contributed by atoms with E-state index in [-0.39, 0.29) is 12.4 Å². The summed E-state index contributed by atoms with van der Waals surface area (Å²) in [5.74, 6) is -0.0282. The molecule has 1 heterocycles. The highest BCUT2D eigenvalue weighted by Gasteiger charge is 2.47. The lowest BCUT2D eigenvalue weighted by Gasteiger charge is -2.27. The third-order valence-electron chi connectivity index (χ3n) is 2.99. The molecule has 70 valence electrons. The van der Waals surface area contributed by atoms with Crippen LogP contribution < -0.4 is 5.32 Å². The maximum atomic E-state index is 10.9. The van der Waals surface area contributed by atoms with Crippen molar-refractivity contribution >= 4 is 18.4 Å². The van der Waals surface area contributed by atoms with Gasteiger partial charge in [0, 0.05) is 0 Å². The number of halogens is 1. The van der Waals surface area contributed by atoms with Crippen LogP contribution in [-0.2, 0) is 4.79 Å². The van der Waals surface area contributed by atoms with Gasteiger partial charge in [0.1, 0.15) is 5.54 Å². The molecule has 1 unspecified atom stereocenters. The van der Waals surface area contributed by atoms with Crippen LogP contribution in [0.15, 0.2) is 0 Å². The fourth-order valence-electron chi connectivity index (χ4n) is 2.33. The Kier molecular flexibility index (Phi) is 2.64. The Hall–Kier alpha value is -0.280. The van der Waals surface area contributed by atoms with Gasteiger partial charge in [0.25, 0.3) is 0 Å². The van der Waals surface area contributed by atoms with Crippen molar-refractivity contribution in [3.05, 3.63) is 0 Å². The predicted octanol–water partition coefficient (Wildman–Crippen LogP) is 1.02. The summed E-state index contributed by atoms with van der Waals surface area (Å²) in [5, 5.41) is 12.1. The summed E-state index contributed by atoms with van der Waals surface area (Å²) in [4.78, 5) is 10.9. The lowest BCUT2D eigenvalue weighted by Crippen LogP contribution is -2.47. The highest BCUT2D eigenvalue weighted by atomic mass is 35.5. The van der Waals surface area contributed by atoms with Gasteiger partial charge in [-0.25, -0.2) is 0 Å². The molecule has 1 aliphatic heterocycles. The summed E-state index contributed by atoms with van der Waals surface area (Å²) in [6, 6.07) is 0. The number of hydrogen-bond donors (Lipinski definition) is 2. The average molecular weight is 192 g/mol. The summed E-state index contributed by atoms with van der Waals surface area (Å²) < 4.78 is 0. The van der Waals surface area contributed by atoms with Gasteiger partial charge in [-0.1, -0.05) is 6.42 Å². The minimum atomic E-state index is -0.653. The molecule has 1 aliphatic carbocycles. The van der Waals surface area contributed by atoms with E-state index in [0.717, 1.165) is 25.8 Å². The van der Waals surface area contributed by atoms with Crippen LogP contribution in [0.25, 0.3) is 0 Å². The Labute approximate surface area is 77.9 Å². The number of hydrogen-bond acceptors (Lipinski definition) is 2. The van der Waals surface area contributed by atoms with Crippen LogP contribution in [0.1, 0.15) is 25.7 Å². The molecule has 4 heteroatoms. The Morgan fingerprint density at radius 3 is 2.92 bits per heavy atom. The summed E-state index contributed by atoms with van der Waals surface area (Å²) in [6.07, 6.45) is 3.95. The number of nitrogens with one attached hydrogen (secondary N) is 1. The van der Waals surface area contributed by atoms with Crippen molar-refractivity contribution in [3.63, 3.8) is 0 Å². The molecule has 2 bridgehead atoms. The van der Waals surface area contributed by atoms with Crippen LogP contribution >= 0.6 is 12.4 Å². The fourth-order valence-corrected chi connectivity index (χ4v) is 2.33. The lowest BCUT2D eigenvalue weighted by molar-refractivity contribution is -0.145. The van der Waals surface area contributed by atoms with Crippen molar-refractivity contribution in [2.24, 2.45) is 5.92 Å². The molecule has 3 nitrogen and oxygen atoms in total. The van der Waals surface area contributed by atoms with Crippen molar-refractivity contribution < 1.29 is 9.90 Å². The van der Waals surface area contributed by atoms with Crippen molar-refractivity contribution in [1.29, 1.82) is 0 Å². The van der Waals surface area contributed by atoms with Crippen molar-refractivity contribution in [3.8, 4) is 0 Å². The molecular formula is C8H14ClNO2. The van der Waals surface area contributed by atoms with Gasteiger partial charge < -0.3 is 10.4 Å². The van der Waals surface area contributed by atoms with Gasteiger partial charge in [-0.05, 0) is 31.7 Å². The van der Waals surface area contributed by atoms with Crippen LogP contribution in [0.5, 0.6) is 0 Å². The maximum Gasteiger partial charge on any atom is 0.323 e. The predicted molar refractivity (Wildman–Crippen MR) is 47.6 cm³/mol. The van der Waals surface area contributed by atoms with Crippen molar-refractivity contribution in [1.82, 2.24) is 5.32 Å². The molecule has 2 N–H and O–H groups in total. The molecule has 0 aromatic rings. The minimum Gasteiger partial charge on any atom is -0.480 e. The number of carboxylic acid groups (broad SMARTS) is 1. The Morgan fingerprint density at radius 2 is 2.33 bits per heavy atom. The standard InChI is InChI=1S/C8H13NO2.ClH/c10-7(11)8-3-1-2-6(4-8)5-9-8;/h6,9H,1-5H2,(H,10,11);1H/t6?,8-;/m1./s1. The second-order valence-corrected chi connectivity index (χ2v) is 3.73. The molecule has 2 aliphatic rings. The van der Waals surface area contributed by atoms with E-state index in [0.29, 0.717) is 5.92 Å². The fraction of sp³-hybridized carbons (Fsp3) is 0.875. The number of fused-ring (bicyclic) bond motifs is 2. The molecule has 0 aromatic carbocycles. The minimum absolute atomic E-state index is 0. The second kappa shape index (κ2) is 3.23. The molecule has 2 rings (SSSR count). The maximum absolute atomic E-state index is 10.9. The van der Waals surface area contributed by atoms with Gasteiger partial charge in [-0.3, -0.25) is 4.79 Å². The zero-order chi connectivity index (χ0) is 7.90. The smallest absolute Gasteiger partial charge is 0.323 e. The highest BCUT2D eigenvalue weighted by Crippen LogP contribution is 2.37. The highest BCUT2D eigenvalue weighted by molar-refractivity contribution is 5.85. The normalized spacial score (nSPS) is 38.8. The first-order chi connectivity index (χ1) is 5.23. The molecule has 1 saturated heterocycles. The molecule has 0 spiro atoms. The largest absolute Gasteiger partial charge is 0.480 e. The van der Waals surface area contributed by atoms with Gasteiger partial charge in [-0.2, -0.15) is 0 Å². The van der Waals surface area contributed by atoms with Crippen LogP contribution in [0, 0.1) is 5.92 Å². The molecule has 0 aromatic heterocycles. The number of aliphatic carboxylic acids is 1. The zero-order valence-corrected chi connectivity index (χ0v) is 7.69. The van der Waals surface area contributed by atoms with Crippen LogP contribution in [0.4, 0.5) is 0 Å². The van der Waals surface area contributed by atoms with E-state index in [4.69, 9.17) is 5.11 Å². The summed E-state index contributed by atoms with van der Waals surface area (Å²) >= 11 is 0. The van der Waals surface area contributed by atoms with Crippen molar-refractivity contribution in [2.45, 2.75) is 31.2 Å². The van der Waals surface area contributed by atoms with E-state index in [9.17, 15) is 4.79 Å². The first-order valence-electron chi connectivity index (χ1n) is 4.21. The molecule has 12 heavy (non-hydrogen) atoms. The summed E-state index contributed by atoms with van der Waals surface area (Å²) in [5.41, 5.74) is -0.539. The second-order valence-electron chi connectivity index (χ2n) is 3.73. The summed E-state index contributed by atoms with van der Waals surface area (Å²) in [6.45, 7) is 0.909. The topological polar surface area (TPSA) is 49.3 Å². The molecule has 2 fully saturated rings. The third kappa shape index (κ3) is 1.31. The number of carboxylic acids is 1. The van der Waals surface area contributed by atoms with Gasteiger partial charge in [-0.15, -0.1) is 12.4 Å². The van der Waals surface area contributed by atoms with Crippen LogP contribution in [-0.4, -0.2) is 23.2 Å². The van der Waals surface area contributed by atoms with E-state index in [2.05, 4.69) is 5.32 Å². The van der Waals surface area contributed by atoms with E-state index in [1.165, 1.54) is 6.42 Å². The quantitative estimate of drug-likeness (QED) is 0.651. The van der Waals surface area contributed by atoms with Gasteiger partial charge >= 0.3 is 5.97 Å². The van der Waals surface area contributed by atoms with E-state index >= 15 is 0 Å². The van der Waals surface area contributed by atoms with Crippen molar-refractivity contribution in [2.75, 3.05) is 6.54 Å². The van der Waals surface area contributed by atoms with Crippen LogP contribution in [0.3, 0.4) is 0 Å². The first kappa shape index (κ1) is 9.81. The first-order valence-corrected chi connectivity index (χ1v) is 4.21. The molecule has 2 atom stereocenters. The Balaban J connectivity index is 0.000000720. The van der Waals surface area contributed by atoms with Gasteiger partial charge in [0.05, 0.1) is 0 Å². The average Bonchev–Trinajstić information content (AvgIpc) is 2.29. The monoisotopic (exact) mass is 191 g/mol. The van der Waals surface area contributed by atoms with Gasteiger partial charge in [0.2, 0.25) is 0 Å². The van der Waals surface area contributed by atoms with E-state index < -0.39 is 11.5 Å². The molecule has 1 saturated carbocycles. The zero-order valence-electron chi connectivity index (χ0n) is 6.88. The number of rotatable bonds is 1. The van der Waals surface area contributed by atoms with E-state index in [1.54, 1.807) is 0 Å². The SMILES string of the molecule is Cl.O=C(O)[C@]12CCCC(CN1)C2. The third-order valence-corrected chi connectivity index (χ3v) is 2.99. The molecular weight excluding hydrogens is 178 g/mol. The van der Waals surface area contributed by atoms with Crippen LogP contribution in [0.2, 0.25) is 0 Å². The Morgan fingerprint density at radius 1 is 1.58 bits per heavy atom. The lowest BCUT2D eigenvalue weighted by atomic mass is 9.80.